The zero-order valence-corrected chi connectivity index (χ0v) is 14.8. The van der Waals surface area contributed by atoms with E-state index in [4.69, 9.17) is 14.2 Å². The molecule has 1 unspecified atom stereocenters. The van der Waals surface area contributed by atoms with Crippen LogP contribution in [0.4, 0.5) is 0 Å². The minimum atomic E-state index is 0.226. The van der Waals surface area contributed by atoms with Crippen molar-refractivity contribution in [2.24, 2.45) is 0 Å². The third-order valence-electron chi connectivity index (χ3n) is 4.81. The lowest BCUT2D eigenvalue weighted by molar-refractivity contribution is 0.224. The quantitative estimate of drug-likeness (QED) is 0.838. The lowest BCUT2D eigenvalue weighted by atomic mass is 9.87. The van der Waals surface area contributed by atoms with Crippen molar-refractivity contribution in [3.63, 3.8) is 0 Å². The van der Waals surface area contributed by atoms with Gasteiger partial charge in [0, 0.05) is 6.54 Å². The molecule has 3 rings (SSSR count). The van der Waals surface area contributed by atoms with E-state index in [1.165, 1.54) is 16.7 Å². The van der Waals surface area contributed by atoms with Gasteiger partial charge in [-0.15, -0.1) is 0 Å². The van der Waals surface area contributed by atoms with Gasteiger partial charge in [-0.1, -0.05) is 19.1 Å². The van der Waals surface area contributed by atoms with Gasteiger partial charge in [-0.05, 0) is 53.9 Å². The molecule has 1 atom stereocenters. The smallest absolute Gasteiger partial charge is 0.161 e. The van der Waals surface area contributed by atoms with E-state index in [1.54, 1.807) is 21.3 Å². The Labute approximate surface area is 144 Å². The van der Waals surface area contributed by atoms with E-state index >= 15 is 0 Å². The fourth-order valence-corrected chi connectivity index (χ4v) is 3.51. The zero-order chi connectivity index (χ0) is 17.1. The summed E-state index contributed by atoms with van der Waals surface area (Å²) in [5, 5.41) is 0. The van der Waals surface area contributed by atoms with Gasteiger partial charge < -0.3 is 14.2 Å². The number of likely N-dealkylation sites (N-methyl/N-ethyl adjacent to an activating group) is 1. The molecular formula is C20H25NO3. The largest absolute Gasteiger partial charge is 0.497 e. The van der Waals surface area contributed by atoms with Gasteiger partial charge in [-0.25, -0.2) is 0 Å². The first-order chi connectivity index (χ1) is 11.7. The summed E-state index contributed by atoms with van der Waals surface area (Å²) in [7, 11) is 5.07. The van der Waals surface area contributed by atoms with Crippen molar-refractivity contribution in [3.8, 4) is 17.2 Å². The monoisotopic (exact) mass is 327 g/mol. The molecule has 0 aromatic heterocycles. The lowest BCUT2D eigenvalue weighted by Gasteiger charge is -2.37. The topological polar surface area (TPSA) is 30.9 Å². The molecule has 0 radical (unpaired) electrons. The number of benzene rings is 2. The Morgan fingerprint density at radius 1 is 0.958 bits per heavy atom. The molecule has 1 heterocycles. The highest BCUT2D eigenvalue weighted by Crippen LogP contribution is 2.41. The second kappa shape index (κ2) is 7.14. The van der Waals surface area contributed by atoms with Crippen LogP contribution in [0.3, 0.4) is 0 Å². The molecule has 0 spiro atoms. The van der Waals surface area contributed by atoms with Crippen molar-refractivity contribution in [2.45, 2.75) is 19.4 Å². The highest BCUT2D eigenvalue weighted by molar-refractivity contribution is 5.52. The molecule has 0 N–H and O–H groups in total. The van der Waals surface area contributed by atoms with Gasteiger partial charge in [0.05, 0.1) is 27.4 Å². The predicted octanol–water partition coefficient (Wildman–Crippen LogP) is 3.68. The first kappa shape index (κ1) is 16.7. The van der Waals surface area contributed by atoms with Crippen LogP contribution < -0.4 is 14.2 Å². The summed E-state index contributed by atoms with van der Waals surface area (Å²) in [6, 6.07) is 12.8. The van der Waals surface area contributed by atoms with Crippen molar-refractivity contribution < 1.29 is 14.2 Å². The Balaban J connectivity index is 2.09. The SMILES string of the molecule is CCN1CCc2cc(OC)c(OC)cc2C1c1ccc(OC)cc1. The van der Waals surface area contributed by atoms with Gasteiger partial charge in [-0.3, -0.25) is 4.90 Å². The zero-order valence-electron chi connectivity index (χ0n) is 14.8. The van der Waals surface area contributed by atoms with Crippen LogP contribution in [0.1, 0.15) is 29.7 Å². The first-order valence-corrected chi connectivity index (χ1v) is 8.34. The van der Waals surface area contributed by atoms with E-state index in [1.807, 2.05) is 12.1 Å². The molecule has 4 heteroatoms. The molecule has 128 valence electrons. The minimum absolute atomic E-state index is 0.226. The maximum atomic E-state index is 5.53. The third-order valence-corrected chi connectivity index (χ3v) is 4.81. The molecule has 0 saturated heterocycles. The van der Waals surface area contributed by atoms with Crippen LogP contribution in [0.5, 0.6) is 17.2 Å². The van der Waals surface area contributed by atoms with Gasteiger partial charge in [0.1, 0.15) is 5.75 Å². The highest BCUT2D eigenvalue weighted by Gasteiger charge is 2.29. The van der Waals surface area contributed by atoms with Crippen molar-refractivity contribution in [3.05, 3.63) is 53.1 Å². The summed E-state index contributed by atoms with van der Waals surface area (Å²) in [5.74, 6) is 2.47. The molecular weight excluding hydrogens is 302 g/mol. The summed E-state index contributed by atoms with van der Waals surface area (Å²) in [6.45, 7) is 4.25. The van der Waals surface area contributed by atoms with E-state index in [9.17, 15) is 0 Å². The Morgan fingerprint density at radius 3 is 2.21 bits per heavy atom. The molecule has 0 amide bonds. The van der Waals surface area contributed by atoms with Gasteiger partial charge >= 0.3 is 0 Å². The highest BCUT2D eigenvalue weighted by atomic mass is 16.5. The summed E-state index contributed by atoms with van der Waals surface area (Å²) in [4.78, 5) is 2.50. The first-order valence-electron chi connectivity index (χ1n) is 8.34. The fourth-order valence-electron chi connectivity index (χ4n) is 3.51. The Bertz CT molecular complexity index is 697. The number of fused-ring (bicyclic) bond motifs is 1. The molecule has 24 heavy (non-hydrogen) atoms. The van der Waals surface area contributed by atoms with E-state index in [2.05, 4.69) is 36.1 Å². The van der Waals surface area contributed by atoms with Crippen molar-refractivity contribution in [1.82, 2.24) is 4.90 Å². The van der Waals surface area contributed by atoms with Gasteiger partial charge in [0.25, 0.3) is 0 Å². The van der Waals surface area contributed by atoms with E-state index in [-0.39, 0.29) is 6.04 Å². The van der Waals surface area contributed by atoms with Gasteiger partial charge in [0.2, 0.25) is 0 Å². The van der Waals surface area contributed by atoms with Gasteiger partial charge in [-0.2, -0.15) is 0 Å². The number of ether oxygens (including phenoxy) is 3. The lowest BCUT2D eigenvalue weighted by Crippen LogP contribution is -2.36. The summed E-state index contributed by atoms with van der Waals surface area (Å²) >= 11 is 0. The summed E-state index contributed by atoms with van der Waals surface area (Å²) in [6.07, 6.45) is 1.02. The Kier molecular flexibility index (Phi) is 4.95. The van der Waals surface area contributed by atoms with Gasteiger partial charge in [0.15, 0.2) is 11.5 Å². The fraction of sp³-hybridized carbons (Fsp3) is 0.400. The molecule has 2 aromatic rings. The number of methoxy groups -OCH3 is 3. The average Bonchev–Trinajstić information content (AvgIpc) is 2.65. The molecule has 1 aliphatic heterocycles. The van der Waals surface area contributed by atoms with Crippen molar-refractivity contribution in [1.29, 1.82) is 0 Å². The Morgan fingerprint density at radius 2 is 1.62 bits per heavy atom. The minimum Gasteiger partial charge on any atom is -0.497 e. The van der Waals surface area contributed by atoms with Crippen LogP contribution in [-0.2, 0) is 6.42 Å². The number of rotatable bonds is 5. The molecule has 2 aromatic carbocycles. The second-order valence-corrected chi connectivity index (χ2v) is 5.96. The van der Waals surface area contributed by atoms with Crippen LogP contribution >= 0.6 is 0 Å². The van der Waals surface area contributed by atoms with Crippen LogP contribution in [-0.4, -0.2) is 39.3 Å². The molecule has 4 nitrogen and oxygen atoms in total. The third kappa shape index (κ3) is 2.94. The van der Waals surface area contributed by atoms with Crippen molar-refractivity contribution >= 4 is 0 Å². The normalized spacial score (nSPS) is 17.2. The Hall–Kier alpha value is -2.20. The molecule has 0 aliphatic carbocycles. The molecule has 0 fully saturated rings. The maximum absolute atomic E-state index is 5.53. The van der Waals surface area contributed by atoms with Crippen molar-refractivity contribution in [2.75, 3.05) is 34.4 Å². The van der Waals surface area contributed by atoms with Crippen LogP contribution in [0.25, 0.3) is 0 Å². The van der Waals surface area contributed by atoms with Crippen LogP contribution in [0.2, 0.25) is 0 Å². The molecule has 1 aliphatic rings. The summed E-state index contributed by atoms with van der Waals surface area (Å²) in [5.41, 5.74) is 3.90. The predicted molar refractivity (Wildman–Crippen MR) is 95.3 cm³/mol. The van der Waals surface area contributed by atoms with E-state index in [0.29, 0.717) is 0 Å². The molecule has 0 bridgehead atoms. The number of hydrogen-bond donors (Lipinski definition) is 0. The average molecular weight is 327 g/mol. The number of nitrogens with zero attached hydrogens (tertiary/aromatic N) is 1. The summed E-state index contributed by atoms with van der Waals surface area (Å²) < 4.78 is 16.3. The standard InChI is InChI=1S/C20H25NO3/c1-5-21-11-10-15-12-18(23-3)19(24-4)13-17(15)20(21)14-6-8-16(22-2)9-7-14/h6-9,12-13,20H,5,10-11H2,1-4H3. The van der Waals surface area contributed by atoms with Crippen LogP contribution in [0, 0.1) is 0 Å². The maximum Gasteiger partial charge on any atom is 0.161 e. The number of hydrogen-bond acceptors (Lipinski definition) is 4. The van der Waals surface area contributed by atoms with Crippen LogP contribution in [0.15, 0.2) is 36.4 Å². The second-order valence-electron chi connectivity index (χ2n) is 5.96. The van der Waals surface area contributed by atoms with E-state index in [0.717, 1.165) is 36.8 Å². The van der Waals surface area contributed by atoms with E-state index < -0.39 is 0 Å². The molecule has 0 saturated carbocycles.